The van der Waals surface area contributed by atoms with Crippen LogP contribution in [0.25, 0.3) is 0 Å². The van der Waals surface area contributed by atoms with Crippen molar-refractivity contribution in [3.05, 3.63) is 36.5 Å². The maximum absolute atomic E-state index is 12.5. The smallest absolute Gasteiger partial charge is 0.305 e. The molecule has 0 saturated carbocycles. The summed E-state index contributed by atoms with van der Waals surface area (Å²) in [6, 6.07) is -0.639. The lowest BCUT2D eigenvalue weighted by molar-refractivity contribution is -0.143. The van der Waals surface area contributed by atoms with Crippen LogP contribution in [0.3, 0.4) is 0 Å². The monoisotopic (exact) mass is 1100 g/mol. The Morgan fingerprint density at radius 2 is 0.603 bits per heavy atom. The molecule has 0 spiro atoms. The van der Waals surface area contributed by atoms with E-state index in [0.29, 0.717) is 19.4 Å². The van der Waals surface area contributed by atoms with Gasteiger partial charge >= 0.3 is 5.97 Å². The Morgan fingerprint density at radius 1 is 0.346 bits per heavy atom. The Bertz CT molecular complexity index is 1260. The molecule has 2 unspecified atom stereocenters. The molecule has 460 valence electrons. The molecule has 0 aromatic heterocycles. The molecule has 0 rings (SSSR count). The highest BCUT2D eigenvalue weighted by atomic mass is 16.5. The van der Waals surface area contributed by atoms with Crippen LogP contribution in [0, 0.1) is 0 Å². The predicted octanol–water partition coefficient (Wildman–Crippen LogP) is 22.7. The zero-order chi connectivity index (χ0) is 56.4. The fraction of sp³-hybridized carbons (Fsp3) is 0.889. The summed E-state index contributed by atoms with van der Waals surface area (Å²) in [6.07, 6.45) is 86.4. The third-order valence-electron chi connectivity index (χ3n) is 16.4. The molecule has 0 heterocycles. The van der Waals surface area contributed by atoms with Crippen LogP contribution in [0.2, 0.25) is 0 Å². The molecular weight excluding hydrogens is 959 g/mol. The summed E-state index contributed by atoms with van der Waals surface area (Å²) in [5, 5.41) is 23.3. The van der Waals surface area contributed by atoms with E-state index >= 15 is 0 Å². The van der Waals surface area contributed by atoms with Gasteiger partial charge in [-0.15, -0.1) is 0 Å². The summed E-state index contributed by atoms with van der Waals surface area (Å²) in [5.74, 6) is -0.0786. The molecule has 78 heavy (non-hydrogen) atoms. The van der Waals surface area contributed by atoms with Gasteiger partial charge in [0.25, 0.3) is 0 Å². The van der Waals surface area contributed by atoms with Crippen molar-refractivity contribution in [2.75, 3.05) is 13.2 Å². The number of amides is 1. The highest BCUT2D eigenvalue weighted by Crippen LogP contribution is 2.18. The van der Waals surface area contributed by atoms with Gasteiger partial charge in [0.1, 0.15) is 0 Å². The normalized spacial score (nSPS) is 12.7. The number of rotatable bonds is 66. The van der Waals surface area contributed by atoms with Crippen molar-refractivity contribution in [2.45, 2.75) is 398 Å². The number of ether oxygens (including phenoxy) is 1. The Kier molecular flexibility index (Phi) is 65.9. The Balaban J connectivity index is 3.46. The summed E-state index contributed by atoms with van der Waals surface area (Å²) in [6.45, 7) is 4.91. The second-order valence-corrected chi connectivity index (χ2v) is 24.2. The van der Waals surface area contributed by atoms with E-state index in [4.69, 9.17) is 4.74 Å². The van der Waals surface area contributed by atoms with Gasteiger partial charge in [0, 0.05) is 12.8 Å². The zero-order valence-corrected chi connectivity index (χ0v) is 52.7. The molecule has 0 aromatic rings. The third kappa shape index (κ3) is 63.3. The van der Waals surface area contributed by atoms with E-state index < -0.39 is 12.1 Å². The number of hydrogen-bond donors (Lipinski definition) is 3. The first kappa shape index (κ1) is 76.1. The van der Waals surface area contributed by atoms with E-state index in [1.54, 1.807) is 6.08 Å². The molecule has 6 heteroatoms. The minimum Gasteiger partial charge on any atom is -0.466 e. The van der Waals surface area contributed by atoms with E-state index in [0.717, 1.165) is 57.8 Å². The molecule has 3 N–H and O–H groups in total. The fourth-order valence-electron chi connectivity index (χ4n) is 11.0. The number of aliphatic hydroxyl groups excluding tert-OH is 2. The Labute approximate surface area is 487 Å². The van der Waals surface area contributed by atoms with Crippen molar-refractivity contribution in [3.8, 4) is 0 Å². The summed E-state index contributed by atoms with van der Waals surface area (Å²) in [5.41, 5.74) is 0. The molecule has 1 amide bonds. The van der Waals surface area contributed by atoms with Crippen LogP contribution in [-0.2, 0) is 14.3 Å². The molecule has 0 radical (unpaired) electrons. The van der Waals surface area contributed by atoms with E-state index in [-0.39, 0.29) is 18.5 Å². The van der Waals surface area contributed by atoms with Crippen molar-refractivity contribution in [1.29, 1.82) is 0 Å². The molecule has 0 aliphatic heterocycles. The van der Waals surface area contributed by atoms with Crippen molar-refractivity contribution >= 4 is 11.9 Å². The second kappa shape index (κ2) is 67.6. The van der Waals surface area contributed by atoms with Gasteiger partial charge in [0.15, 0.2) is 0 Å². The molecule has 0 aromatic carbocycles. The van der Waals surface area contributed by atoms with E-state index in [2.05, 4.69) is 43.5 Å². The molecule has 0 fully saturated rings. The topological polar surface area (TPSA) is 95.9 Å². The van der Waals surface area contributed by atoms with Gasteiger partial charge in [-0.2, -0.15) is 0 Å². The lowest BCUT2D eigenvalue weighted by Gasteiger charge is -2.20. The van der Waals surface area contributed by atoms with Gasteiger partial charge in [-0.05, 0) is 83.5 Å². The Hall–Kier alpha value is -1.92. The van der Waals surface area contributed by atoms with Gasteiger partial charge in [0.2, 0.25) is 5.91 Å². The van der Waals surface area contributed by atoms with Crippen LogP contribution in [0.1, 0.15) is 386 Å². The van der Waals surface area contributed by atoms with Crippen LogP contribution in [0.4, 0.5) is 0 Å². The van der Waals surface area contributed by atoms with E-state index in [1.807, 2.05) is 6.08 Å². The van der Waals surface area contributed by atoms with E-state index in [9.17, 15) is 19.8 Å². The summed E-state index contributed by atoms with van der Waals surface area (Å²) in [4.78, 5) is 24.6. The molecule has 2 atom stereocenters. The van der Waals surface area contributed by atoms with Gasteiger partial charge in [0.05, 0.1) is 25.4 Å². The average Bonchev–Trinajstić information content (AvgIpc) is 3.44. The molecule has 0 saturated heterocycles. The number of nitrogens with one attached hydrogen (secondary N) is 1. The molecule has 0 aliphatic rings. The number of esters is 1. The third-order valence-corrected chi connectivity index (χ3v) is 16.4. The zero-order valence-electron chi connectivity index (χ0n) is 52.7. The van der Waals surface area contributed by atoms with Gasteiger partial charge < -0.3 is 20.3 Å². The number of hydrogen-bond acceptors (Lipinski definition) is 5. The summed E-state index contributed by atoms with van der Waals surface area (Å²) < 4.78 is 5.50. The number of aliphatic hydroxyl groups is 2. The maximum atomic E-state index is 12.5. The largest absolute Gasteiger partial charge is 0.466 e. The molecule has 0 aliphatic carbocycles. The standard InChI is InChI=1S/C72H137NO5/c1-3-5-7-9-11-13-15-17-19-21-23-24-25-26-27-28-30-32-36-40-44-48-52-56-60-64-70(75)69(68-74)73-71(76)65-61-57-53-49-45-41-37-33-31-35-39-43-47-51-55-59-63-67-78-72(77)66-62-58-54-50-46-42-38-34-29-22-20-18-16-14-12-10-8-6-4-2/h18,20,31,35,60,64,69-70,74-75H,3-17,19,21-30,32-34,36-59,61-63,65-68H2,1-2H3,(H,73,76)/b20-18-,35-31-,64-60+. The fourth-order valence-corrected chi connectivity index (χ4v) is 11.0. The van der Waals surface area contributed by atoms with Crippen molar-refractivity contribution in [2.24, 2.45) is 0 Å². The summed E-state index contributed by atoms with van der Waals surface area (Å²) in [7, 11) is 0. The van der Waals surface area contributed by atoms with E-state index in [1.165, 1.54) is 302 Å². The first-order valence-electron chi connectivity index (χ1n) is 35.3. The number of allylic oxidation sites excluding steroid dienone is 5. The first-order chi connectivity index (χ1) is 38.5. The van der Waals surface area contributed by atoms with Crippen LogP contribution in [0.5, 0.6) is 0 Å². The van der Waals surface area contributed by atoms with Gasteiger partial charge in [-0.3, -0.25) is 9.59 Å². The molecule has 0 bridgehead atoms. The van der Waals surface area contributed by atoms with Gasteiger partial charge in [-0.25, -0.2) is 0 Å². The number of unbranched alkanes of at least 4 members (excludes halogenated alkanes) is 51. The Morgan fingerprint density at radius 3 is 0.910 bits per heavy atom. The van der Waals surface area contributed by atoms with Crippen LogP contribution < -0.4 is 5.32 Å². The number of carbonyl (C=O) groups is 2. The predicted molar refractivity (Wildman–Crippen MR) is 343 cm³/mol. The lowest BCUT2D eigenvalue weighted by Crippen LogP contribution is -2.45. The van der Waals surface area contributed by atoms with Crippen molar-refractivity contribution in [3.63, 3.8) is 0 Å². The second-order valence-electron chi connectivity index (χ2n) is 24.2. The molecular formula is C72H137NO5. The van der Waals surface area contributed by atoms with Crippen LogP contribution in [0.15, 0.2) is 36.5 Å². The average molecular weight is 1100 g/mol. The minimum absolute atomic E-state index is 0.00234. The number of carbonyl (C=O) groups excluding carboxylic acids is 2. The van der Waals surface area contributed by atoms with Crippen molar-refractivity contribution in [1.82, 2.24) is 5.32 Å². The summed E-state index contributed by atoms with van der Waals surface area (Å²) >= 11 is 0. The first-order valence-corrected chi connectivity index (χ1v) is 35.3. The molecule has 6 nitrogen and oxygen atoms in total. The van der Waals surface area contributed by atoms with Crippen LogP contribution in [-0.4, -0.2) is 47.4 Å². The minimum atomic E-state index is -0.855. The van der Waals surface area contributed by atoms with Gasteiger partial charge in [-0.1, -0.05) is 326 Å². The lowest BCUT2D eigenvalue weighted by atomic mass is 10.0. The highest BCUT2D eigenvalue weighted by Gasteiger charge is 2.18. The SMILES string of the molecule is CCCCCCCC/C=C\CCCCCCCCCCCC(=O)OCCCCCCCC/C=C\CCCCCCCCCC(=O)NC(CO)C(O)/C=C/CCCCCCCCCCCCCCCCCCCCCCCCC. The van der Waals surface area contributed by atoms with Crippen LogP contribution >= 0.6 is 0 Å². The highest BCUT2D eigenvalue weighted by molar-refractivity contribution is 5.76. The quantitative estimate of drug-likeness (QED) is 0.0320. The maximum Gasteiger partial charge on any atom is 0.305 e. The van der Waals surface area contributed by atoms with Crippen molar-refractivity contribution < 1.29 is 24.5 Å².